The summed E-state index contributed by atoms with van der Waals surface area (Å²) in [6, 6.07) is 11.8. The molecule has 3 nitrogen and oxygen atoms in total. The van der Waals surface area contributed by atoms with Crippen LogP contribution in [0.15, 0.2) is 42.5 Å². The van der Waals surface area contributed by atoms with E-state index in [1.54, 1.807) is 18.2 Å². The van der Waals surface area contributed by atoms with E-state index in [-0.39, 0.29) is 11.3 Å². The molecule has 2 aromatic carbocycles. The first-order valence-electron chi connectivity index (χ1n) is 5.18. The van der Waals surface area contributed by atoms with Crippen molar-refractivity contribution in [2.45, 2.75) is 0 Å². The third-order valence-electron chi connectivity index (χ3n) is 2.96. The number of hydrogen-bond acceptors (Lipinski definition) is 3. The maximum atomic E-state index is 12.0. The van der Waals surface area contributed by atoms with Crippen LogP contribution >= 0.6 is 0 Å². The van der Waals surface area contributed by atoms with Crippen LogP contribution < -0.4 is 5.11 Å². The minimum atomic E-state index is -1.27. The van der Waals surface area contributed by atoms with Crippen LogP contribution in [0, 0.1) is 0 Å². The van der Waals surface area contributed by atoms with Gasteiger partial charge in [-0.25, -0.2) is 0 Å². The number of carbonyl (C=O) groups is 2. The second kappa shape index (κ2) is 3.28. The van der Waals surface area contributed by atoms with Crippen LogP contribution in [0.25, 0.3) is 11.1 Å². The van der Waals surface area contributed by atoms with Crippen LogP contribution in [0.5, 0.6) is 0 Å². The Balaban J connectivity index is 2.28. The van der Waals surface area contributed by atoms with E-state index in [4.69, 9.17) is 0 Å². The molecular formula is C14H7O3-. The lowest BCUT2D eigenvalue weighted by atomic mass is 10.0. The van der Waals surface area contributed by atoms with Crippen LogP contribution in [-0.2, 0) is 0 Å². The lowest BCUT2D eigenvalue weighted by molar-refractivity contribution is -0.255. The average molecular weight is 223 g/mol. The van der Waals surface area contributed by atoms with Crippen molar-refractivity contribution < 1.29 is 14.7 Å². The molecule has 82 valence electrons. The van der Waals surface area contributed by atoms with Gasteiger partial charge in [0, 0.05) is 11.1 Å². The average Bonchev–Trinajstić information content (AvgIpc) is 2.64. The van der Waals surface area contributed by atoms with Crippen molar-refractivity contribution in [1.29, 1.82) is 0 Å². The van der Waals surface area contributed by atoms with E-state index in [1.807, 2.05) is 12.1 Å². The maximum Gasteiger partial charge on any atom is 0.194 e. The number of aromatic carboxylic acids is 1. The predicted octanol–water partition coefficient (Wildman–Crippen LogP) is 1.26. The highest BCUT2D eigenvalue weighted by Gasteiger charge is 2.26. The van der Waals surface area contributed by atoms with Gasteiger partial charge < -0.3 is 9.90 Å². The summed E-state index contributed by atoms with van der Waals surface area (Å²) >= 11 is 0. The smallest absolute Gasteiger partial charge is 0.194 e. The number of benzene rings is 2. The van der Waals surface area contributed by atoms with Crippen LogP contribution in [0.4, 0.5) is 0 Å². The van der Waals surface area contributed by atoms with Crippen molar-refractivity contribution in [3.8, 4) is 11.1 Å². The number of carboxylic acids is 1. The summed E-state index contributed by atoms with van der Waals surface area (Å²) in [7, 11) is 0. The van der Waals surface area contributed by atoms with Gasteiger partial charge in [-0.3, -0.25) is 4.79 Å². The summed E-state index contributed by atoms with van der Waals surface area (Å²) in [6.07, 6.45) is 0. The minimum absolute atomic E-state index is 0.0323. The Morgan fingerprint density at radius 3 is 2.24 bits per heavy atom. The summed E-state index contributed by atoms with van der Waals surface area (Å²) in [5.74, 6) is -1.39. The third kappa shape index (κ3) is 1.29. The predicted molar refractivity (Wildman–Crippen MR) is 59.6 cm³/mol. The molecule has 0 bridgehead atoms. The molecule has 0 aromatic heterocycles. The van der Waals surface area contributed by atoms with Gasteiger partial charge in [0.2, 0.25) is 0 Å². The maximum absolute atomic E-state index is 12.0. The fraction of sp³-hybridized carbons (Fsp3) is 0. The first kappa shape index (κ1) is 9.78. The van der Waals surface area contributed by atoms with Crippen LogP contribution in [0.1, 0.15) is 26.3 Å². The summed E-state index contributed by atoms with van der Waals surface area (Å²) in [6.45, 7) is 0. The van der Waals surface area contributed by atoms with Gasteiger partial charge in [-0.05, 0) is 22.8 Å². The number of carboxylic acid groups (broad SMARTS) is 1. The van der Waals surface area contributed by atoms with Gasteiger partial charge in [0.15, 0.2) is 5.78 Å². The van der Waals surface area contributed by atoms with E-state index >= 15 is 0 Å². The molecule has 0 saturated carbocycles. The molecule has 0 unspecified atom stereocenters. The van der Waals surface area contributed by atoms with Crippen LogP contribution in [-0.4, -0.2) is 11.8 Å². The quantitative estimate of drug-likeness (QED) is 0.624. The Bertz CT molecular complexity index is 656. The highest BCUT2D eigenvalue weighted by molar-refractivity contribution is 6.22. The van der Waals surface area contributed by atoms with Gasteiger partial charge in [0.05, 0.1) is 5.97 Å². The molecule has 0 fully saturated rings. The van der Waals surface area contributed by atoms with Gasteiger partial charge in [0.25, 0.3) is 0 Å². The van der Waals surface area contributed by atoms with E-state index in [0.717, 1.165) is 11.1 Å². The van der Waals surface area contributed by atoms with E-state index in [2.05, 4.69) is 0 Å². The lowest BCUT2D eigenvalue weighted by Crippen LogP contribution is -2.22. The monoisotopic (exact) mass is 223 g/mol. The molecule has 0 heterocycles. The van der Waals surface area contributed by atoms with Crippen molar-refractivity contribution in [1.82, 2.24) is 0 Å². The van der Waals surface area contributed by atoms with Crippen molar-refractivity contribution >= 4 is 11.8 Å². The largest absolute Gasteiger partial charge is 0.545 e. The Hall–Kier alpha value is -2.42. The zero-order valence-electron chi connectivity index (χ0n) is 8.77. The van der Waals surface area contributed by atoms with Crippen molar-refractivity contribution in [2.75, 3.05) is 0 Å². The van der Waals surface area contributed by atoms with E-state index in [9.17, 15) is 14.7 Å². The fourth-order valence-electron chi connectivity index (χ4n) is 2.16. The SMILES string of the molecule is O=C([O-])c1ccc2c(c1)C(=O)c1ccccc1-2. The van der Waals surface area contributed by atoms with Gasteiger partial charge in [-0.15, -0.1) is 0 Å². The highest BCUT2D eigenvalue weighted by Crippen LogP contribution is 2.36. The Kier molecular flexibility index (Phi) is 1.89. The molecule has 3 rings (SSSR count). The Morgan fingerprint density at radius 1 is 0.882 bits per heavy atom. The Labute approximate surface area is 97.3 Å². The Morgan fingerprint density at radius 2 is 1.53 bits per heavy atom. The molecule has 0 radical (unpaired) electrons. The molecule has 0 spiro atoms. The molecule has 1 aliphatic rings. The molecule has 3 heteroatoms. The van der Waals surface area contributed by atoms with E-state index in [1.165, 1.54) is 12.1 Å². The number of fused-ring (bicyclic) bond motifs is 3. The summed E-state index contributed by atoms with van der Waals surface area (Å²) in [5, 5.41) is 10.8. The van der Waals surface area contributed by atoms with E-state index in [0.29, 0.717) is 11.1 Å². The summed E-state index contributed by atoms with van der Waals surface area (Å²) in [4.78, 5) is 22.8. The molecule has 1 aliphatic carbocycles. The molecular weight excluding hydrogens is 216 g/mol. The van der Waals surface area contributed by atoms with E-state index < -0.39 is 5.97 Å². The normalized spacial score (nSPS) is 12.1. The first-order chi connectivity index (χ1) is 8.18. The van der Waals surface area contributed by atoms with Gasteiger partial charge in [-0.2, -0.15) is 0 Å². The standard InChI is InChI=1S/C14H8O3/c15-13-11-4-2-1-3-9(11)10-6-5-8(14(16)17)7-12(10)13/h1-7H,(H,16,17)/p-1. The summed E-state index contributed by atoms with van der Waals surface area (Å²) < 4.78 is 0. The fourth-order valence-corrected chi connectivity index (χ4v) is 2.16. The van der Waals surface area contributed by atoms with Crippen LogP contribution in [0.2, 0.25) is 0 Å². The number of ketones is 1. The number of rotatable bonds is 1. The molecule has 2 aromatic rings. The van der Waals surface area contributed by atoms with Gasteiger partial charge in [0.1, 0.15) is 0 Å². The highest BCUT2D eigenvalue weighted by atomic mass is 16.4. The van der Waals surface area contributed by atoms with Gasteiger partial charge in [-0.1, -0.05) is 36.4 Å². The zero-order valence-corrected chi connectivity index (χ0v) is 8.77. The lowest BCUT2D eigenvalue weighted by Gasteiger charge is -2.04. The van der Waals surface area contributed by atoms with Crippen molar-refractivity contribution in [3.63, 3.8) is 0 Å². The molecule has 0 aliphatic heterocycles. The molecule has 0 amide bonds. The van der Waals surface area contributed by atoms with Crippen molar-refractivity contribution in [2.24, 2.45) is 0 Å². The van der Waals surface area contributed by atoms with Gasteiger partial charge >= 0.3 is 0 Å². The first-order valence-corrected chi connectivity index (χ1v) is 5.18. The molecule has 0 saturated heterocycles. The molecule has 0 N–H and O–H groups in total. The second-order valence-corrected chi connectivity index (χ2v) is 3.92. The molecule has 0 atom stereocenters. The second-order valence-electron chi connectivity index (χ2n) is 3.92. The van der Waals surface area contributed by atoms with Crippen molar-refractivity contribution in [3.05, 3.63) is 59.2 Å². The van der Waals surface area contributed by atoms with Crippen LogP contribution in [0.3, 0.4) is 0 Å². The molecule has 17 heavy (non-hydrogen) atoms. The minimum Gasteiger partial charge on any atom is -0.545 e. The number of carbonyl (C=O) groups excluding carboxylic acids is 2. The topological polar surface area (TPSA) is 57.2 Å². The zero-order chi connectivity index (χ0) is 12.0. The summed E-state index contributed by atoms with van der Waals surface area (Å²) in [5.41, 5.74) is 2.74. The number of hydrogen-bond donors (Lipinski definition) is 0. The third-order valence-corrected chi connectivity index (χ3v) is 2.96.